The lowest BCUT2D eigenvalue weighted by Crippen LogP contribution is -2.18. The monoisotopic (exact) mass is 358 g/mol. The molecule has 0 fully saturated rings. The molecule has 0 saturated carbocycles. The van der Waals surface area contributed by atoms with Crippen molar-refractivity contribution in [2.75, 3.05) is 0 Å². The Labute approximate surface area is 151 Å². The van der Waals surface area contributed by atoms with Gasteiger partial charge in [-0.15, -0.1) is 0 Å². The third kappa shape index (κ3) is 3.85. The van der Waals surface area contributed by atoms with E-state index in [1.54, 1.807) is 13.8 Å². The minimum absolute atomic E-state index is 0.0872. The van der Waals surface area contributed by atoms with Gasteiger partial charge in [0.05, 0.1) is 17.0 Å². The molecule has 1 aliphatic rings. The Balaban J connectivity index is 2.58. The van der Waals surface area contributed by atoms with Crippen molar-refractivity contribution >= 4 is 17.5 Å². The Bertz CT molecular complexity index is 825. The summed E-state index contributed by atoms with van der Waals surface area (Å²) in [6.07, 6.45) is 3.26. The largest absolute Gasteiger partial charge is 0.507 e. The molecule has 6 heteroatoms. The lowest BCUT2D eigenvalue weighted by atomic mass is 9.89. The zero-order chi connectivity index (χ0) is 19.6. The second-order valence-electron chi connectivity index (χ2n) is 6.74. The van der Waals surface area contributed by atoms with E-state index in [1.807, 2.05) is 19.9 Å². The fourth-order valence-corrected chi connectivity index (χ4v) is 2.59. The first kappa shape index (κ1) is 19.4. The van der Waals surface area contributed by atoms with Gasteiger partial charge in [-0.05, 0) is 32.1 Å². The molecule has 0 radical (unpaired) electrons. The SMILES string of the molecule is CC(C)=CC[C@@H](OC(=O)C(C)C)c1cc(O)c2c(c1O)C(=O)C=CC2=O. The first-order chi connectivity index (χ1) is 12.1. The molecule has 1 aromatic rings. The summed E-state index contributed by atoms with van der Waals surface area (Å²) in [5.74, 6) is -2.91. The van der Waals surface area contributed by atoms with Crippen molar-refractivity contribution in [1.29, 1.82) is 0 Å². The Morgan fingerprint density at radius 3 is 2.23 bits per heavy atom. The van der Waals surface area contributed by atoms with Crippen LogP contribution in [0.5, 0.6) is 11.5 Å². The third-order valence-corrected chi connectivity index (χ3v) is 4.00. The fraction of sp³-hybridized carbons (Fsp3) is 0.350. The lowest BCUT2D eigenvalue weighted by molar-refractivity contribution is -0.153. The summed E-state index contributed by atoms with van der Waals surface area (Å²) < 4.78 is 5.47. The minimum Gasteiger partial charge on any atom is -0.507 e. The second kappa shape index (κ2) is 7.56. The highest BCUT2D eigenvalue weighted by atomic mass is 16.5. The number of phenols is 2. The average Bonchev–Trinajstić information content (AvgIpc) is 2.56. The zero-order valence-corrected chi connectivity index (χ0v) is 15.2. The molecule has 0 aliphatic heterocycles. The molecule has 138 valence electrons. The predicted octanol–water partition coefficient (Wildman–Crippen LogP) is 3.63. The van der Waals surface area contributed by atoms with Crippen LogP contribution < -0.4 is 0 Å². The minimum atomic E-state index is -0.898. The third-order valence-electron chi connectivity index (χ3n) is 4.00. The lowest BCUT2D eigenvalue weighted by Gasteiger charge is -2.22. The molecule has 0 unspecified atom stereocenters. The Hall–Kier alpha value is -2.89. The Morgan fingerprint density at radius 1 is 1.12 bits per heavy atom. The molecule has 0 saturated heterocycles. The first-order valence-corrected chi connectivity index (χ1v) is 8.32. The smallest absolute Gasteiger partial charge is 0.308 e. The van der Waals surface area contributed by atoms with E-state index in [0.717, 1.165) is 17.7 Å². The van der Waals surface area contributed by atoms with Gasteiger partial charge in [0.2, 0.25) is 0 Å². The quantitative estimate of drug-likeness (QED) is 0.473. The first-order valence-electron chi connectivity index (χ1n) is 8.32. The number of carbonyl (C=O) groups is 3. The standard InChI is InChI=1S/C20H22O6/c1-10(2)5-8-16(26-20(25)11(3)4)12-9-15(23)17-13(21)6-7-14(22)18(17)19(12)24/h5-7,9,11,16,23-24H,8H2,1-4H3/t16-/m1/s1. The normalized spacial score (nSPS) is 14.2. The number of hydrogen-bond donors (Lipinski definition) is 2. The molecule has 0 spiro atoms. The van der Waals surface area contributed by atoms with Gasteiger partial charge >= 0.3 is 5.97 Å². The number of ether oxygens (including phenoxy) is 1. The molecule has 0 amide bonds. The van der Waals surface area contributed by atoms with E-state index in [9.17, 15) is 24.6 Å². The predicted molar refractivity (Wildman–Crippen MR) is 95.3 cm³/mol. The number of fused-ring (bicyclic) bond motifs is 1. The number of ketones is 2. The molecule has 2 N–H and O–H groups in total. The van der Waals surface area contributed by atoms with Gasteiger partial charge in [-0.3, -0.25) is 14.4 Å². The van der Waals surface area contributed by atoms with Crippen LogP contribution in [0.1, 0.15) is 66.5 Å². The van der Waals surface area contributed by atoms with Gasteiger partial charge in [-0.2, -0.15) is 0 Å². The van der Waals surface area contributed by atoms with Gasteiger partial charge in [-0.1, -0.05) is 25.5 Å². The van der Waals surface area contributed by atoms with Gasteiger partial charge in [-0.25, -0.2) is 0 Å². The average molecular weight is 358 g/mol. The molecule has 0 aromatic heterocycles. The summed E-state index contributed by atoms with van der Waals surface area (Å²) in [6, 6.07) is 1.18. The maximum atomic E-state index is 12.1. The van der Waals surface area contributed by atoms with E-state index in [2.05, 4.69) is 0 Å². The number of rotatable bonds is 5. The molecule has 2 rings (SSSR count). The van der Waals surface area contributed by atoms with E-state index in [4.69, 9.17) is 4.74 Å². The van der Waals surface area contributed by atoms with E-state index in [-0.39, 0.29) is 29.0 Å². The van der Waals surface area contributed by atoms with Crippen LogP contribution in [-0.2, 0) is 9.53 Å². The highest BCUT2D eigenvalue weighted by Gasteiger charge is 2.31. The van der Waals surface area contributed by atoms with Gasteiger partial charge in [0.1, 0.15) is 17.6 Å². The molecule has 6 nitrogen and oxygen atoms in total. The van der Waals surface area contributed by atoms with Crippen LogP contribution in [0.15, 0.2) is 29.9 Å². The van der Waals surface area contributed by atoms with Crippen LogP contribution in [0.3, 0.4) is 0 Å². The van der Waals surface area contributed by atoms with Crippen LogP contribution in [0.4, 0.5) is 0 Å². The van der Waals surface area contributed by atoms with Gasteiger partial charge in [0, 0.05) is 12.0 Å². The maximum absolute atomic E-state index is 12.1. The number of phenolic OH excluding ortho intramolecular Hbond substituents is 2. The number of carbonyl (C=O) groups excluding carboxylic acids is 3. The molecular weight excluding hydrogens is 336 g/mol. The van der Waals surface area contributed by atoms with Gasteiger partial charge < -0.3 is 14.9 Å². The van der Waals surface area contributed by atoms with E-state index < -0.39 is 35.1 Å². The molecule has 0 heterocycles. The molecular formula is C20H22O6. The van der Waals surface area contributed by atoms with Crippen molar-refractivity contribution < 1.29 is 29.3 Å². The summed E-state index contributed by atoms with van der Waals surface area (Å²) >= 11 is 0. The summed E-state index contributed by atoms with van der Waals surface area (Å²) in [7, 11) is 0. The van der Waals surface area contributed by atoms with Crippen molar-refractivity contribution in [3.63, 3.8) is 0 Å². The molecule has 26 heavy (non-hydrogen) atoms. The zero-order valence-electron chi connectivity index (χ0n) is 15.2. The van der Waals surface area contributed by atoms with Crippen LogP contribution >= 0.6 is 0 Å². The summed E-state index contributed by atoms with van der Waals surface area (Å²) in [5.41, 5.74) is 0.556. The Kier molecular flexibility index (Phi) is 5.65. The second-order valence-corrected chi connectivity index (χ2v) is 6.74. The molecule has 1 aromatic carbocycles. The number of allylic oxidation sites excluding steroid dienone is 3. The highest BCUT2D eigenvalue weighted by molar-refractivity contribution is 6.24. The van der Waals surface area contributed by atoms with E-state index >= 15 is 0 Å². The van der Waals surface area contributed by atoms with Crippen LogP contribution in [0.25, 0.3) is 0 Å². The number of hydrogen-bond acceptors (Lipinski definition) is 6. The van der Waals surface area contributed by atoms with Crippen molar-refractivity contribution in [2.24, 2.45) is 5.92 Å². The summed E-state index contributed by atoms with van der Waals surface area (Å²) in [4.78, 5) is 36.2. The van der Waals surface area contributed by atoms with Crippen molar-refractivity contribution in [3.8, 4) is 11.5 Å². The van der Waals surface area contributed by atoms with Crippen LogP contribution in [0, 0.1) is 5.92 Å². The summed E-state index contributed by atoms with van der Waals surface area (Å²) in [6.45, 7) is 7.10. The Morgan fingerprint density at radius 2 is 1.69 bits per heavy atom. The molecule has 0 bridgehead atoms. The van der Waals surface area contributed by atoms with Crippen LogP contribution in [0.2, 0.25) is 0 Å². The van der Waals surface area contributed by atoms with E-state index in [0.29, 0.717) is 0 Å². The highest BCUT2D eigenvalue weighted by Crippen LogP contribution is 2.41. The summed E-state index contributed by atoms with van der Waals surface area (Å²) in [5, 5.41) is 20.8. The van der Waals surface area contributed by atoms with Crippen molar-refractivity contribution in [3.05, 3.63) is 46.6 Å². The van der Waals surface area contributed by atoms with E-state index in [1.165, 1.54) is 6.07 Å². The maximum Gasteiger partial charge on any atom is 0.308 e. The number of esters is 1. The molecule has 1 aliphatic carbocycles. The number of aromatic hydroxyl groups is 2. The molecule has 1 atom stereocenters. The van der Waals surface area contributed by atoms with Crippen molar-refractivity contribution in [1.82, 2.24) is 0 Å². The topological polar surface area (TPSA) is 101 Å². The number of benzene rings is 1. The van der Waals surface area contributed by atoms with Crippen molar-refractivity contribution in [2.45, 2.75) is 40.2 Å². The van der Waals surface area contributed by atoms with Gasteiger partial charge in [0.15, 0.2) is 11.6 Å². The van der Waals surface area contributed by atoms with Crippen LogP contribution in [-0.4, -0.2) is 27.7 Å². The van der Waals surface area contributed by atoms with Gasteiger partial charge in [0.25, 0.3) is 0 Å². The fourth-order valence-electron chi connectivity index (χ4n) is 2.59.